The third-order valence-electron chi connectivity index (χ3n) is 2.46. The zero-order valence-electron chi connectivity index (χ0n) is 11.0. The maximum Gasteiger partial charge on any atom is 0.252 e. The number of carbonyl (C=O) groups excluding carboxylic acids is 1. The van der Waals surface area contributed by atoms with E-state index in [1.807, 2.05) is 0 Å². The average molecular weight is 343 g/mol. The highest BCUT2D eigenvalue weighted by molar-refractivity contribution is 7.89. The lowest BCUT2D eigenvalue weighted by molar-refractivity contribution is 0.0948. The molecule has 1 rings (SSSR count). The molecule has 0 heterocycles. The largest absolute Gasteiger partial charge is 0.385 e. The average Bonchev–Trinajstić information content (AvgIpc) is 2.37. The Morgan fingerprint density at radius 3 is 2.62 bits per heavy atom. The van der Waals surface area contributed by atoms with E-state index in [-0.39, 0.29) is 6.54 Å². The zero-order valence-corrected chi connectivity index (χ0v) is 12.5. The molecule has 1 aromatic rings. The quantitative estimate of drug-likeness (QED) is 0.596. The van der Waals surface area contributed by atoms with Gasteiger partial charge in [0.05, 0.1) is 10.6 Å². The Kier molecular flexibility index (Phi) is 6.02. The number of nitrogens with one attached hydrogen (secondary N) is 1. The van der Waals surface area contributed by atoms with Crippen LogP contribution >= 0.6 is 11.6 Å². The molecule has 118 valence electrons. The summed E-state index contributed by atoms with van der Waals surface area (Å²) >= 11 is 5.65. The van der Waals surface area contributed by atoms with Gasteiger partial charge in [-0.05, 0) is 12.5 Å². The Balaban J connectivity index is 3.15. The number of halogens is 3. The Hall–Kier alpha value is -1.29. The minimum absolute atomic E-state index is 0.187. The van der Waals surface area contributed by atoms with Crippen LogP contribution in [-0.4, -0.2) is 34.6 Å². The van der Waals surface area contributed by atoms with E-state index < -0.39 is 43.0 Å². The van der Waals surface area contributed by atoms with Crippen LogP contribution in [0.25, 0.3) is 0 Å². The molecule has 1 aromatic carbocycles. The molecular formula is C11H13ClF2N2O4S. The minimum Gasteiger partial charge on any atom is -0.385 e. The van der Waals surface area contributed by atoms with Crippen molar-refractivity contribution in [3.05, 3.63) is 28.3 Å². The summed E-state index contributed by atoms with van der Waals surface area (Å²) < 4.78 is 54.1. The van der Waals surface area contributed by atoms with Gasteiger partial charge in [0.15, 0.2) is 11.6 Å². The van der Waals surface area contributed by atoms with Gasteiger partial charge < -0.3 is 10.1 Å². The molecule has 0 radical (unpaired) electrons. The van der Waals surface area contributed by atoms with E-state index in [0.717, 1.165) is 0 Å². The van der Waals surface area contributed by atoms with Crippen LogP contribution in [-0.2, 0) is 14.8 Å². The molecule has 3 N–H and O–H groups in total. The zero-order chi connectivity index (χ0) is 16.2. The molecule has 1 amide bonds. The number of hydrogen-bond acceptors (Lipinski definition) is 4. The van der Waals surface area contributed by atoms with E-state index in [1.54, 1.807) is 0 Å². The summed E-state index contributed by atoms with van der Waals surface area (Å²) in [5.74, 6) is -4.11. The Labute approximate surface area is 125 Å². The maximum atomic E-state index is 13.5. The van der Waals surface area contributed by atoms with E-state index >= 15 is 0 Å². The molecule has 0 aliphatic carbocycles. The highest BCUT2D eigenvalue weighted by Gasteiger charge is 2.27. The molecule has 0 aromatic heterocycles. The molecule has 6 nitrogen and oxygen atoms in total. The molecule has 0 bridgehead atoms. The van der Waals surface area contributed by atoms with Gasteiger partial charge in [0, 0.05) is 20.3 Å². The topological polar surface area (TPSA) is 98.5 Å². The molecule has 0 aliphatic rings. The number of carbonyl (C=O) groups is 1. The number of ether oxygens (including phenoxy) is 1. The van der Waals surface area contributed by atoms with Gasteiger partial charge in [0.1, 0.15) is 4.90 Å². The molecule has 0 spiro atoms. The number of sulfonamides is 1. The molecule has 0 atom stereocenters. The minimum atomic E-state index is -4.62. The van der Waals surface area contributed by atoms with Crippen molar-refractivity contribution in [2.24, 2.45) is 5.14 Å². The number of benzene rings is 1. The monoisotopic (exact) mass is 342 g/mol. The first-order valence-electron chi connectivity index (χ1n) is 5.67. The summed E-state index contributed by atoms with van der Waals surface area (Å²) in [5.41, 5.74) is -0.517. The van der Waals surface area contributed by atoms with E-state index in [4.69, 9.17) is 21.5 Å². The van der Waals surface area contributed by atoms with Crippen LogP contribution in [0.3, 0.4) is 0 Å². The van der Waals surface area contributed by atoms with E-state index in [0.29, 0.717) is 19.1 Å². The van der Waals surface area contributed by atoms with Gasteiger partial charge in [-0.1, -0.05) is 11.6 Å². The van der Waals surface area contributed by atoms with Gasteiger partial charge in [-0.15, -0.1) is 0 Å². The van der Waals surface area contributed by atoms with Gasteiger partial charge in [0.2, 0.25) is 10.0 Å². The van der Waals surface area contributed by atoms with Crippen LogP contribution in [0.5, 0.6) is 0 Å². The van der Waals surface area contributed by atoms with Crippen molar-refractivity contribution < 1.29 is 26.7 Å². The first kappa shape index (κ1) is 17.8. The van der Waals surface area contributed by atoms with Gasteiger partial charge in [-0.3, -0.25) is 4.79 Å². The third-order valence-corrected chi connectivity index (χ3v) is 3.91. The van der Waals surface area contributed by atoms with E-state index in [1.165, 1.54) is 7.11 Å². The van der Waals surface area contributed by atoms with Crippen LogP contribution in [0.2, 0.25) is 5.02 Å². The lowest BCUT2D eigenvalue weighted by atomic mass is 10.2. The SMILES string of the molecule is COCCCNC(=O)c1cc(F)c(F)c(S(N)(=O)=O)c1Cl. The first-order valence-corrected chi connectivity index (χ1v) is 7.60. The van der Waals surface area contributed by atoms with Crippen molar-refractivity contribution in [3.63, 3.8) is 0 Å². The number of methoxy groups -OCH3 is 1. The first-order chi connectivity index (χ1) is 9.70. The molecule has 0 fully saturated rings. The predicted molar refractivity (Wildman–Crippen MR) is 71.6 cm³/mol. The van der Waals surface area contributed by atoms with Crippen LogP contribution in [0.4, 0.5) is 8.78 Å². The number of primary sulfonamides is 1. The van der Waals surface area contributed by atoms with E-state index in [2.05, 4.69) is 5.32 Å². The molecular weight excluding hydrogens is 330 g/mol. The summed E-state index contributed by atoms with van der Waals surface area (Å²) in [6, 6.07) is 0.512. The van der Waals surface area contributed by atoms with Crippen molar-refractivity contribution in [3.8, 4) is 0 Å². The van der Waals surface area contributed by atoms with Crippen LogP contribution in [0, 0.1) is 11.6 Å². The standard InChI is InChI=1S/C11H13ClF2N2O4S/c1-20-4-2-3-16-11(17)6-5-7(13)9(14)10(8(6)12)21(15,18)19/h5H,2-4H2,1H3,(H,16,17)(H2,15,18,19). The smallest absolute Gasteiger partial charge is 0.252 e. The van der Waals surface area contributed by atoms with Gasteiger partial charge in [0.25, 0.3) is 5.91 Å². The fourth-order valence-electron chi connectivity index (χ4n) is 1.51. The lowest BCUT2D eigenvalue weighted by Crippen LogP contribution is -2.27. The van der Waals surface area contributed by atoms with Gasteiger partial charge in [-0.25, -0.2) is 22.3 Å². The lowest BCUT2D eigenvalue weighted by Gasteiger charge is -2.10. The number of hydrogen-bond donors (Lipinski definition) is 2. The Bertz CT molecular complexity index is 652. The second-order valence-electron chi connectivity index (χ2n) is 4.01. The predicted octanol–water partition coefficient (Wildman–Crippen LogP) is 1.03. The normalized spacial score (nSPS) is 11.5. The van der Waals surface area contributed by atoms with E-state index in [9.17, 15) is 22.0 Å². The molecule has 10 heteroatoms. The summed E-state index contributed by atoms with van der Waals surface area (Å²) in [4.78, 5) is 10.6. The summed E-state index contributed by atoms with van der Waals surface area (Å²) in [7, 11) is -3.14. The molecule has 0 unspecified atom stereocenters. The highest BCUT2D eigenvalue weighted by Crippen LogP contribution is 2.29. The summed E-state index contributed by atoms with van der Waals surface area (Å²) in [6.07, 6.45) is 0.478. The fraction of sp³-hybridized carbons (Fsp3) is 0.364. The van der Waals surface area contributed by atoms with Crippen LogP contribution in [0.15, 0.2) is 11.0 Å². The number of nitrogens with two attached hydrogens (primary N) is 1. The third kappa shape index (κ3) is 4.34. The van der Waals surface area contributed by atoms with Gasteiger partial charge in [-0.2, -0.15) is 0 Å². The van der Waals surface area contributed by atoms with Crippen molar-refractivity contribution in [1.29, 1.82) is 0 Å². The molecule has 0 aliphatic heterocycles. The Morgan fingerprint density at radius 2 is 2.10 bits per heavy atom. The molecule has 0 saturated carbocycles. The maximum absolute atomic E-state index is 13.5. The number of amides is 1. The fourth-order valence-corrected chi connectivity index (χ4v) is 2.76. The van der Waals surface area contributed by atoms with Gasteiger partial charge >= 0.3 is 0 Å². The Morgan fingerprint density at radius 1 is 1.48 bits per heavy atom. The van der Waals surface area contributed by atoms with Crippen molar-refractivity contribution >= 4 is 27.5 Å². The second kappa shape index (κ2) is 7.12. The molecule has 0 saturated heterocycles. The van der Waals surface area contributed by atoms with Crippen LogP contribution < -0.4 is 10.5 Å². The van der Waals surface area contributed by atoms with Crippen LogP contribution in [0.1, 0.15) is 16.8 Å². The van der Waals surface area contributed by atoms with Crippen molar-refractivity contribution in [1.82, 2.24) is 5.32 Å². The molecule has 21 heavy (non-hydrogen) atoms. The van der Waals surface area contributed by atoms with Crippen molar-refractivity contribution in [2.45, 2.75) is 11.3 Å². The second-order valence-corrected chi connectivity index (χ2v) is 5.89. The van der Waals surface area contributed by atoms with Crippen molar-refractivity contribution in [2.75, 3.05) is 20.3 Å². The summed E-state index contributed by atoms with van der Waals surface area (Å²) in [5, 5.41) is 6.38. The summed E-state index contributed by atoms with van der Waals surface area (Å²) in [6.45, 7) is 0.570. The number of rotatable bonds is 6. The highest BCUT2D eigenvalue weighted by atomic mass is 35.5.